The van der Waals surface area contributed by atoms with Crippen LogP contribution in [0.15, 0.2) is 18.2 Å². The van der Waals surface area contributed by atoms with Gasteiger partial charge in [0.05, 0.1) is 12.5 Å². The van der Waals surface area contributed by atoms with Crippen LogP contribution in [0.25, 0.3) is 0 Å². The first kappa shape index (κ1) is 14.2. The van der Waals surface area contributed by atoms with Gasteiger partial charge in [0.2, 0.25) is 0 Å². The van der Waals surface area contributed by atoms with E-state index in [0.29, 0.717) is 6.42 Å². The summed E-state index contributed by atoms with van der Waals surface area (Å²) >= 11 is 0. The second-order valence-electron chi connectivity index (χ2n) is 6.40. The van der Waals surface area contributed by atoms with Crippen LogP contribution in [-0.4, -0.2) is 37.6 Å². The number of anilines is 2. The number of hydrogen-bond acceptors (Lipinski definition) is 4. The predicted molar refractivity (Wildman–Crippen MR) is 86.1 cm³/mol. The summed E-state index contributed by atoms with van der Waals surface area (Å²) in [5.41, 5.74) is 8.86. The van der Waals surface area contributed by atoms with E-state index in [9.17, 15) is 0 Å². The van der Waals surface area contributed by atoms with Crippen molar-refractivity contribution >= 4 is 11.4 Å². The fourth-order valence-electron chi connectivity index (χ4n) is 3.91. The summed E-state index contributed by atoms with van der Waals surface area (Å²) in [5.74, 6) is 0.773. The van der Waals surface area contributed by atoms with E-state index < -0.39 is 0 Å². The molecule has 112 valence electrons. The van der Waals surface area contributed by atoms with Gasteiger partial charge in [0.25, 0.3) is 0 Å². The van der Waals surface area contributed by atoms with Crippen LogP contribution in [0.5, 0.6) is 0 Å². The number of fused-ring (bicyclic) bond motifs is 1. The van der Waals surface area contributed by atoms with Crippen molar-refractivity contribution in [2.24, 2.45) is 5.92 Å². The van der Waals surface area contributed by atoms with E-state index in [4.69, 9.17) is 11.0 Å². The normalized spacial score (nSPS) is 26.2. The van der Waals surface area contributed by atoms with Crippen LogP contribution in [0.3, 0.4) is 0 Å². The highest BCUT2D eigenvalue weighted by atomic mass is 15.2. The smallest absolute Gasteiger partial charge is 0.0670 e. The second-order valence-corrected chi connectivity index (χ2v) is 6.40. The Balaban J connectivity index is 1.76. The molecule has 2 heterocycles. The van der Waals surface area contributed by atoms with E-state index in [2.05, 4.69) is 35.0 Å². The lowest BCUT2D eigenvalue weighted by atomic mass is 9.84. The molecule has 4 nitrogen and oxygen atoms in total. The maximum absolute atomic E-state index is 8.90. The van der Waals surface area contributed by atoms with Gasteiger partial charge in [-0.15, -0.1) is 0 Å². The maximum atomic E-state index is 8.90. The molecule has 0 amide bonds. The van der Waals surface area contributed by atoms with Crippen molar-refractivity contribution in [3.8, 4) is 6.07 Å². The van der Waals surface area contributed by atoms with Gasteiger partial charge in [-0.3, -0.25) is 0 Å². The summed E-state index contributed by atoms with van der Waals surface area (Å²) in [6.45, 7) is 3.47. The summed E-state index contributed by atoms with van der Waals surface area (Å²) < 4.78 is 0. The maximum Gasteiger partial charge on any atom is 0.0670 e. The van der Waals surface area contributed by atoms with Gasteiger partial charge in [0.1, 0.15) is 0 Å². The molecule has 3 rings (SSSR count). The van der Waals surface area contributed by atoms with Crippen LogP contribution in [0, 0.1) is 17.2 Å². The minimum absolute atomic E-state index is 0.391. The van der Waals surface area contributed by atoms with Gasteiger partial charge in [0, 0.05) is 30.5 Å². The van der Waals surface area contributed by atoms with Crippen LogP contribution < -0.4 is 10.6 Å². The third kappa shape index (κ3) is 2.84. The number of nitriles is 1. The van der Waals surface area contributed by atoms with E-state index in [1.54, 1.807) is 0 Å². The van der Waals surface area contributed by atoms with Crippen LogP contribution in [-0.2, 0) is 6.42 Å². The monoisotopic (exact) mass is 284 g/mol. The Labute approximate surface area is 127 Å². The van der Waals surface area contributed by atoms with Crippen molar-refractivity contribution in [1.29, 1.82) is 5.26 Å². The molecule has 4 heteroatoms. The average Bonchev–Trinajstić information content (AvgIpc) is 2.50. The molecule has 2 N–H and O–H groups in total. The van der Waals surface area contributed by atoms with Crippen molar-refractivity contribution in [1.82, 2.24) is 4.90 Å². The molecule has 0 spiro atoms. The first-order valence-corrected chi connectivity index (χ1v) is 7.89. The van der Waals surface area contributed by atoms with Crippen molar-refractivity contribution < 1.29 is 0 Å². The molecular weight excluding hydrogens is 260 g/mol. The molecule has 0 bridgehead atoms. The zero-order valence-corrected chi connectivity index (χ0v) is 12.8. The predicted octanol–water partition coefficient (Wildman–Crippen LogP) is 2.26. The summed E-state index contributed by atoms with van der Waals surface area (Å²) in [5, 5.41) is 8.90. The number of nitrogen functional groups attached to an aromatic ring is 1. The quantitative estimate of drug-likeness (QED) is 0.846. The summed E-state index contributed by atoms with van der Waals surface area (Å²) in [6, 6.07) is 9.10. The molecule has 21 heavy (non-hydrogen) atoms. The van der Waals surface area contributed by atoms with Crippen molar-refractivity contribution in [3.63, 3.8) is 0 Å². The third-order valence-corrected chi connectivity index (χ3v) is 5.11. The summed E-state index contributed by atoms with van der Waals surface area (Å²) in [4.78, 5) is 5.01. The fraction of sp³-hybridized carbons (Fsp3) is 0.588. The number of rotatable bonds is 2. The Hall–Kier alpha value is -1.73. The highest BCUT2D eigenvalue weighted by molar-refractivity contribution is 5.59. The van der Waals surface area contributed by atoms with Crippen molar-refractivity contribution in [2.45, 2.75) is 31.7 Å². The SMILES string of the molecule is CN1CCCC2CN(c3ccc(N)c(CC#N)c3)CCC21. The average molecular weight is 284 g/mol. The highest BCUT2D eigenvalue weighted by Gasteiger charge is 2.34. The number of benzene rings is 1. The van der Waals surface area contributed by atoms with Gasteiger partial charge in [-0.2, -0.15) is 5.26 Å². The first-order valence-electron chi connectivity index (χ1n) is 7.89. The minimum Gasteiger partial charge on any atom is -0.398 e. The molecule has 2 atom stereocenters. The zero-order chi connectivity index (χ0) is 14.8. The van der Waals surface area contributed by atoms with E-state index in [-0.39, 0.29) is 0 Å². The van der Waals surface area contributed by atoms with Gasteiger partial charge in [-0.05, 0) is 62.5 Å². The third-order valence-electron chi connectivity index (χ3n) is 5.11. The topological polar surface area (TPSA) is 56.3 Å². The number of likely N-dealkylation sites (tertiary alicyclic amines) is 1. The standard InChI is InChI=1S/C17H24N4/c1-20-9-2-3-14-12-21(10-7-17(14)20)15-4-5-16(19)13(11-15)6-8-18/h4-5,11,14,17H,2-3,6-7,9-10,12,19H2,1H3. The number of piperidine rings is 2. The van der Waals surface area contributed by atoms with Gasteiger partial charge in [0.15, 0.2) is 0 Å². The Bertz CT molecular complexity index is 548. The molecule has 2 saturated heterocycles. The number of nitrogens with zero attached hydrogens (tertiary/aromatic N) is 3. The van der Waals surface area contributed by atoms with E-state index >= 15 is 0 Å². The molecule has 2 aliphatic rings. The Morgan fingerprint density at radius 3 is 3.00 bits per heavy atom. The molecule has 0 radical (unpaired) electrons. The second kappa shape index (κ2) is 5.95. The molecule has 1 aromatic carbocycles. The zero-order valence-electron chi connectivity index (χ0n) is 12.8. The largest absolute Gasteiger partial charge is 0.398 e. The number of hydrogen-bond donors (Lipinski definition) is 1. The van der Waals surface area contributed by atoms with Crippen molar-refractivity contribution in [3.05, 3.63) is 23.8 Å². The van der Waals surface area contributed by atoms with Crippen LogP contribution >= 0.6 is 0 Å². The number of nitrogens with two attached hydrogens (primary N) is 1. The van der Waals surface area contributed by atoms with E-state index in [1.807, 2.05) is 6.07 Å². The molecular formula is C17H24N4. The summed E-state index contributed by atoms with van der Waals surface area (Å²) in [6.07, 6.45) is 4.28. The van der Waals surface area contributed by atoms with Crippen molar-refractivity contribution in [2.75, 3.05) is 37.3 Å². The molecule has 2 aliphatic heterocycles. The molecule has 2 unspecified atom stereocenters. The van der Waals surface area contributed by atoms with Crippen LogP contribution in [0.1, 0.15) is 24.8 Å². The van der Waals surface area contributed by atoms with Crippen LogP contribution in [0.4, 0.5) is 11.4 Å². The van der Waals surface area contributed by atoms with E-state index in [0.717, 1.165) is 36.3 Å². The fourth-order valence-corrected chi connectivity index (χ4v) is 3.91. The molecule has 2 fully saturated rings. The van der Waals surface area contributed by atoms with Gasteiger partial charge < -0.3 is 15.5 Å². The Morgan fingerprint density at radius 1 is 1.33 bits per heavy atom. The van der Waals surface area contributed by atoms with Gasteiger partial charge in [-0.25, -0.2) is 0 Å². The Kier molecular flexibility index (Phi) is 4.03. The first-order chi connectivity index (χ1) is 10.2. The minimum atomic E-state index is 0.391. The lowest BCUT2D eigenvalue weighted by Crippen LogP contribution is -2.52. The molecule has 0 saturated carbocycles. The van der Waals surface area contributed by atoms with Gasteiger partial charge >= 0.3 is 0 Å². The lowest BCUT2D eigenvalue weighted by molar-refractivity contribution is 0.102. The summed E-state index contributed by atoms with van der Waals surface area (Å²) in [7, 11) is 2.26. The van der Waals surface area contributed by atoms with Gasteiger partial charge in [-0.1, -0.05) is 0 Å². The van der Waals surface area contributed by atoms with Crippen LogP contribution in [0.2, 0.25) is 0 Å². The highest BCUT2D eigenvalue weighted by Crippen LogP contribution is 2.32. The molecule has 0 aromatic heterocycles. The lowest BCUT2D eigenvalue weighted by Gasteiger charge is -2.46. The molecule has 1 aromatic rings. The van der Waals surface area contributed by atoms with E-state index in [1.165, 1.54) is 31.5 Å². The molecule has 0 aliphatic carbocycles. The Morgan fingerprint density at radius 2 is 2.19 bits per heavy atom.